The predicted molar refractivity (Wildman–Crippen MR) is 69.5 cm³/mol. The Morgan fingerprint density at radius 2 is 2.21 bits per heavy atom. The predicted octanol–water partition coefficient (Wildman–Crippen LogP) is 0.911. The van der Waals surface area contributed by atoms with E-state index in [-0.39, 0.29) is 5.91 Å². The molecule has 4 N–H and O–H groups in total. The standard InChI is InChI=1S/C13H20N2O4/c14-11(13(17)18)5-1-2-8-15-12(16)7-6-10-4-3-9-19-10/h3-4,9,11H,1-2,5-8,14H2,(H,15,16)(H,17,18). The molecule has 106 valence electrons. The number of carbonyl (C=O) groups excluding carboxylic acids is 1. The van der Waals surface area contributed by atoms with Crippen LogP contribution in [-0.4, -0.2) is 29.6 Å². The van der Waals surface area contributed by atoms with Crippen LogP contribution >= 0.6 is 0 Å². The molecule has 0 aromatic carbocycles. The van der Waals surface area contributed by atoms with Crippen molar-refractivity contribution < 1.29 is 19.1 Å². The monoisotopic (exact) mass is 268 g/mol. The fraction of sp³-hybridized carbons (Fsp3) is 0.538. The normalized spacial score (nSPS) is 12.1. The zero-order valence-electron chi connectivity index (χ0n) is 10.8. The van der Waals surface area contributed by atoms with Crippen molar-refractivity contribution in [2.24, 2.45) is 5.73 Å². The van der Waals surface area contributed by atoms with E-state index in [0.29, 0.717) is 32.2 Å². The average Bonchev–Trinajstić information content (AvgIpc) is 2.88. The highest BCUT2D eigenvalue weighted by Crippen LogP contribution is 2.03. The maximum Gasteiger partial charge on any atom is 0.320 e. The number of hydrogen-bond acceptors (Lipinski definition) is 4. The van der Waals surface area contributed by atoms with Crippen molar-refractivity contribution in [3.63, 3.8) is 0 Å². The van der Waals surface area contributed by atoms with Gasteiger partial charge in [-0.25, -0.2) is 0 Å². The number of aliphatic carboxylic acids is 1. The molecule has 1 heterocycles. The van der Waals surface area contributed by atoms with Gasteiger partial charge in [0.1, 0.15) is 11.8 Å². The molecule has 0 aliphatic heterocycles. The van der Waals surface area contributed by atoms with Crippen LogP contribution in [0.1, 0.15) is 31.4 Å². The van der Waals surface area contributed by atoms with E-state index < -0.39 is 12.0 Å². The van der Waals surface area contributed by atoms with Gasteiger partial charge in [-0.2, -0.15) is 0 Å². The summed E-state index contributed by atoms with van der Waals surface area (Å²) in [5.41, 5.74) is 5.36. The number of rotatable bonds is 9. The van der Waals surface area contributed by atoms with Crippen LogP contribution in [0.5, 0.6) is 0 Å². The Balaban J connectivity index is 2.00. The summed E-state index contributed by atoms with van der Waals surface area (Å²) in [5.74, 6) is -0.219. The molecule has 0 bridgehead atoms. The minimum absolute atomic E-state index is 0.0288. The number of carboxylic acids is 1. The van der Waals surface area contributed by atoms with Crippen molar-refractivity contribution in [1.82, 2.24) is 5.32 Å². The van der Waals surface area contributed by atoms with Gasteiger partial charge in [-0.3, -0.25) is 9.59 Å². The lowest BCUT2D eigenvalue weighted by Crippen LogP contribution is -2.30. The Morgan fingerprint density at radius 1 is 1.42 bits per heavy atom. The smallest absolute Gasteiger partial charge is 0.320 e. The maximum atomic E-state index is 11.5. The maximum absolute atomic E-state index is 11.5. The Hall–Kier alpha value is -1.82. The van der Waals surface area contributed by atoms with Gasteiger partial charge in [-0.1, -0.05) is 0 Å². The lowest BCUT2D eigenvalue weighted by Gasteiger charge is -2.07. The van der Waals surface area contributed by atoms with Gasteiger partial charge in [-0.15, -0.1) is 0 Å². The first-order valence-corrected chi connectivity index (χ1v) is 6.37. The van der Waals surface area contributed by atoms with Crippen LogP contribution in [0.15, 0.2) is 22.8 Å². The molecular formula is C13H20N2O4. The van der Waals surface area contributed by atoms with Gasteiger partial charge in [0.05, 0.1) is 6.26 Å². The van der Waals surface area contributed by atoms with Crippen molar-refractivity contribution in [2.75, 3.05) is 6.54 Å². The van der Waals surface area contributed by atoms with E-state index in [1.165, 1.54) is 0 Å². The third kappa shape index (κ3) is 6.61. The molecule has 0 aliphatic rings. The lowest BCUT2D eigenvalue weighted by atomic mass is 10.1. The van der Waals surface area contributed by atoms with E-state index in [2.05, 4.69) is 5.32 Å². The number of carboxylic acid groups (broad SMARTS) is 1. The summed E-state index contributed by atoms with van der Waals surface area (Å²) >= 11 is 0. The molecule has 1 unspecified atom stereocenters. The van der Waals surface area contributed by atoms with Gasteiger partial charge in [-0.05, 0) is 31.4 Å². The number of hydrogen-bond donors (Lipinski definition) is 3. The molecule has 6 nitrogen and oxygen atoms in total. The van der Waals surface area contributed by atoms with E-state index in [0.717, 1.165) is 12.2 Å². The molecule has 0 fully saturated rings. The van der Waals surface area contributed by atoms with Gasteiger partial charge in [0.25, 0.3) is 0 Å². The summed E-state index contributed by atoms with van der Waals surface area (Å²) in [7, 11) is 0. The lowest BCUT2D eigenvalue weighted by molar-refractivity contribution is -0.138. The van der Waals surface area contributed by atoms with E-state index in [4.69, 9.17) is 15.3 Å². The highest BCUT2D eigenvalue weighted by molar-refractivity contribution is 5.76. The molecule has 0 aliphatic carbocycles. The molecule has 1 atom stereocenters. The molecule has 0 spiro atoms. The van der Waals surface area contributed by atoms with Crippen LogP contribution in [0.2, 0.25) is 0 Å². The van der Waals surface area contributed by atoms with Gasteiger partial charge >= 0.3 is 5.97 Å². The molecule has 19 heavy (non-hydrogen) atoms. The Bertz CT molecular complexity index is 389. The zero-order valence-corrected chi connectivity index (χ0v) is 10.8. The topological polar surface area (TPSA) is 106 Å². The quantitative estimate of drug-likeness (QED) is 0.577. The molecule has 1 amide bonds. The SMILES string of the molecule is NC(CCCCNC(=O)CCc1ccco1)C(=O)O. The summed E-state index contributed by atoms with van der Waals surface area (Å²) < 4.78 is 5.13. The van der Waals surface area contributed by atoms with E-state index in [9.17, 15) is 9.59 Å². The number of carbonyl (C=O) groups is 2. The van der Waals surface area contributed by atoms with Crippen molar-refractivity contribution in [2.45, 2.75) is 38.1 Å². The molecule has 6 heteroatoms. The van der Waals surface area contributed by atoms with Crippen LogP contribution in [0, 0.1) is 0 Å². The Kier molecular flexibility index (Phi) is 6.67. The Morgan fingerprint density at radius 3 is 2.84 bits per heavy atom. The minimum atomic E-state index is -0.984. The van der Waals surface area contributed by atoms with E-state index >= 15 is 0 Å². The summed E-state index contributed by atoms with van der Waals surface area (Å²) in [6.07, 6.45) is 4.40. The van der Waals surface area contributed by atoms with E-state index in [1.54, 1.807) is 12.3 Å². The molecule has 1 aromatic heterocycles. The van der Waals surface area contributed by atoms with Crippen LogP contribution < -0.4 is 11.1 Å². The summed E-state index contributed by atoms with van der Waals surface area (Å²) in [4.78, 5) is 21.9. The summed E-state index contributed by atoms with van der Waals surface area (Å²) in [6.45, 7) is 0.545. The highest BCUT2D eigenvalue weighted by atomic mass is 16.4. The Labute approximate surface area is 112 Å². The third-order valence-corrected chi connectivity index (χ3v) is 2.76. The van der Waals surface area contributed by atoms with Crippen molar-refractivity contribution in [3.05, 3.63) is 24.2 Å². The fourth-order valence-electron chi connectivity index (χ4n) is 1.62. The molecular weight excluding hydrogens is 248 g/mol. The molecule has 0 radical (unpaired) electrons. The van der Waals surface area contributed by atoms with Crippen molar-refractivity contribution in [3.8, 4) is 0 Å². The van der Waals surface area contributed by atoms with Crippen LogP contribution in [0.4, 0.5) is 0 Å². The highest BCUT2D eigenvalue weighted by Gasteiger charge is 2.10. The van der Waals surface area contributed by atoms with Gasteiger partial charge in [0.15, 0.2) is 0 Å². The summed E-state index contributed by atoms with van der Waals surface area (Å²) in [6, 6.07) is 2.81. The van der Waals surface area contributed by atoms with Gasteiger partial charge < -0.3 is 20.6 Å². The number of aryl methyl sites for hydroxylation is 1. The summed E-state index contributed by atoms with van der Waals surface area (Å²) in [5, 5.41) is 11.4. The number of furan rings is 1. The van der Waals surface area contributed by atoms with Gasteiger partial charge in [0.2, 0.25) is 5.91 Å². The first-order chi connectivity index (χ1) is 9.09. The minimum Gasteiger partial charge on any atom is -0.480 e. The number of unbranched alkanes of at least 4 members (excludes halogenated alkanes) is 1. The first-order valence-electron chi connectivity index (χ1n) is 6.37. The van der Waals surface area contributed by atoms with Crippen LogP contribution in [-0.2, 0) is 16.0 Å². The second-order valence-electron chi connectivity index (χ2n) is 4.37. The fourth-order valence-corrected chi connectivity index (χ4v) is 1.62. The molecule has 1 rings (SSSR count). The average molecular weight is 268 g/mol. The first kappa shape index (κ1) is 15.2. The van der Waals surface area contributed by atoms with Gasteiger partial charge in [0, 0.05) is 19.4 Å². The largest absolute Gasteiger partial charge is 0.480 e. The number of nitrogens with two attached hydrogens (primary N) is 1. The van der Waals surface area contributed by atoms with Crippen LogP contribution in [0.25, 0.3) is 0 Å². The second kappa shape index (κ2) is 8.31. The van der Waals surface area contributed by atoms with Crippen molar-refractivity contribution >= 4 is 11.9 Å². The van der Waals surface area contributed by atoms with Crippen LogP contribution in [0.3, 0.4) is 0 Å². The number of amides is 1. The molecule has 0 saturated carbocycles. The van der Waals surface area contributed by atoms with Crippen molar-refractivity contribution in [1.29, 1.82) is 0 Å². The zero-order chi connectivity index (χ0) is 14.1. The van der Waals surface area contributed by atoms with E-state index in [1.807, 2.05) is 6.07 Å². The third-order valence-electron chi connectivity index (χ3n) is 2.76. The molecule has 0 saturated heterocycles. The second-order valence-corrected chi connectivity index (χ2v) is 4.37. The number of nitrogens with one attached hydrogen (secondary N) is 1. The molecule has 1 aromatic rings.